The van der Waals surface area contributed by atoms with Gasteiger partial charge in [0.1, 0.15) is 10.7 Å². The molecule has 0 aliphatic carbocycles. The van der Waals surface area contributed by atoms with E-state index in [1.165, 1.54) is 11.3 Å². The SMILES string of the molecule is Cc1ccnc(NC(=O)c2sc(-n3cccc3)nc2-c2ccccc2)c1. The molecule has 6 heteroatoms. The third kappa shape index (κ3) is 3.27. The van der Waals surface area contributed by atoms with Crippen LogP contribution in [-0.4, -0.2) is 20.4 Å². The number of amides is 1. The summed E-state index contributed by atoms with van der Waals surface area (Å²) in [4.78, 5) is 22.4. The van der Waals surface area contributed by atoms with Crippen LogP contribution in [0.3, 0.4) is 0 Å². The summed E-state index contributed by atoms with van der Waals surface area (Å²) in [5.74, 6) is 0.322. The van der Waals surface area contributed by atoms with E-state index in [9.17, 15) is 4.79 Å². The lowest BCUT2D eigenvalue weighted by molar-refractivity contribution is 0.103. The maximum Gasteiger partial charge on any atom is 0.269 e. The van der Waals surface area contributed by atoms with E-state index in [-0.39, 0.29) is 5.91 Å². The fraction of sp³-hybridized carbons (Fsp3) is 0.0500. The fourth-order valence-electron chi connectivity index (χ4n) is 2.60. The second-order valence-corrected chi connectivity index (χ2v) is 6.78. The summed E-state index contributed by atoms with van der Waals surface area (Å²) in [5.41, 5.74) is 2.62. The maximum atomic E-state index is 12.9. The van der Waals surface area contributed by atoms with Crippen LogP contribution in [0.1, 0.15) is 15.2 Å². The van der Waals surface area contributed by atoms with Crippen LogP contribution in [0.2, 0.25) is 0 Å². The molecule has 0 fully saturated rings. The van der Waals surface area contributed by atoms with E-state index >= 15 is 0 Å². The van der Waals surface area contributed by atoms with E-state index in [0.29, 0.717) is 16.4 Å². The molecule has 0 spiro atoms. The van der Waals surface area contributed by atoms with Gasteiger partial charge in [0.05, 0.1) is 5.69 Å². The first kappa shape index (κ1) is 16.2. The Morgan fingerprint density at radius 3 is 2.58 bits per heavy atom. The number of rotatable bonds is 4. The van der Waals surface area contributed by atoms with Gasteiger partial charge in [0.15, 0.2) is 5.13 Å². The van der Waals surface area contributed by atoms with Crippen molar-refractivity contribution in [2.24, 2.45) is 0 Å². The van der Waals surface area contributed by atoms with Crippen molar-refractivity contribution in [3.8, 4) is 16.4 Å². The molecule has 0 bridgehead atoms. The predicted molar refractivity (Wildman–Crippen MR) is 104 cm³/mol. The predicted octanol–water partition coefficient (Wildman–Crippen LogP) is 4.56. The van der Waals surface area contributed by atoms with Gasteiger partial charge in [-0.25, -0.2) is 9.97 Å². The minimum Gasteiger partial charge on any atom is -0.306 e. The van der Waals surface area contributed by atoms with Gasteiger partial charge in [0.2, 0.25) is 0 Å². The first-order valence-electron chi connectivity index (χ1n) is 8.14. The third-order valence-electron chi connectivity index (χ3n) is 3.85. The molecule has 0 radical (unpaired) electrons. The van der Waals surface area contributed by atoms with Gasteiger partial charge in [-0.2, -0.15) is 0 Å². The zero-order valence-electron chi connectivity index (χ0n) is 14.1. The average Bonchev–Trinajstić information content (AvgIpc) is 3.32. The van der Waals surface area contributed by atoms with Gasteiger partial charge in [-0.05, 0) is 36.8 Å². The van der Waals surface area contributed by atoms with Crippen molar-refractivity contribution in [3.05, 3.63) is 83.6 Å². The summed E-state index contributed by atoms with van der Waals surface area (Å²) in [5, 5.41) is 3.63. The number of anilines is 1. The van der Waals surface area contributed by atoms with Crippen molar-refractivity contribution < 1.29 is 4.79 Å². The number of benzene rings is 1. The number of aromatic nitrogens is 3. The Morgan fingerprint density at radius 1 is 1.08 bits per heavy atom. The van der Waals surface area contributed by atoms with E-state index in [2.05, 4.69) is 10.3 Å². The molecule has 0 unspecified atom stereocenters. The Labute approximate surface area is 155 Å². The number of thiazole rings is 1. The summed E-state index contributed by atoms with van der Waals surface area (Å²) in [6, 6.07) is 17.3. The molecule has 0 aliphatic rings. The van der Waals surface area contributed by atoms with Gasteiger partial charge in [0.25, 0.3) is 5.91 Å². The van der Waals surface area contributed by atoms with Crippen molar-refractivity contribution in [1.82, 2.24) is 14.5 Å². The van der Waals surface area contributed by atoms with Crippen LogP contribution in [0.25, 0.3) is 16.4 Å². The number of nitrogens with zero attached hydrogens (tertiary/aromatic N) is 3. The zero-order chi connectivity index (χ0) is 17.9. The number of hydrogen-bond donors (Lipinski definition) is 1. The lowest BCUT2D eigenvalue weighted by Gasteiger charge is -2.05. The van der Waals surface area contributed by atoms with Crippen LogP contribution < -0.4 is 5.32 Å². The Bertz CT molecular complexity index is 1040. The van der Waals surface area contributed by atoms with Gasteiger partial charge in [0, 0.05) is 24.2 Å². The molecule has 0 aliphatic heterocycles. The molecule has 128 valence electrons. The average molecular weight is 360 g/mol. The summed E-state index contributed by atoms with van der Waals surface area (Å²) in [6.45, 7) is 1.96. The maximum absolute atomic E-state index is 12.9. The number of carbonyl (C=O) groups is 1. The lowest BCUT2D eigenvalue weighted by atomic mass is 10.1. The lowest BCUT2D eigenvalue weighted by Crippen LogP contribution is -2.12. The second-order valence-electron chi connectivity index (χ2n) is 5.80. The van der Waals surface area contributed by atoms with Gasteiger partial charge in [-0.3, -0.25) is 4.79 Å². The van der Waals surface area contributed by atoms with Gasteiger partial charge >= 0.3 is 0 Å². The minimum atomic E-state index is -0.210. The second kappa shape index (κ2) is 6.93. The van der Waals surface area contributed by atoms with Crippen LogP contribution in [0.15, 0.2) is 73.2 Å². The summed E-state index contributed by atoms with van der Waals surface area (Å²) < 4.78 is 1.90. The molecule has 4 rings (SSSR count). The highest BCUT2D eigenvalue weighted by atomic mass is 32.1. The van der Waals surface area contributed by atoms with Crippen molar-refractivity contribution >= 4 is 23.1 Å². The molecule has 26 heavy (non-hydrogen) atoms. The van der Waals surface area contributed by atoms with Crippen molar-refractivity contribution in [3.63, 3.8) is 0 Å². The molecular formula is C20H16N4OS. The minimum absolute atomic E-state index is 0.210. The largest absolute Gasteiger partial charge is 0.306 e. The molecule has 0 atom stereocenters. The molecule has 5 nitrogen and oxygen atoms in total. The topological polar surface area (TPSA) is 59.8 Å². The highest BCUT2D eigenvalue weighted by Crippen LogP contribution is 2.31. The molecule has 4 aromatic rings. The molecule has 1 aromatic carbocycles. The number of pyridine rings is 1. The number of carbonyl (C=O) groups excluding carboxylic acids is 1. The quantitative estimate of drug-likeness (QED) is 0.580. The Morgan fingerprint density at radius 2 is 1.85 bits per heavy atom. The van der Waals surface area contributed by atoms with Crippen LogP contribution in [0.5, 0.6) is 0 Å². The van der Waals surface area contributed by atoms with Crippen LogP contribution in [0, 0.1) is 6.92 Å². The zero-order valence-corrected chi connectivity index (χ0v) is 14.9. The smallest absolute Gasteiger partial charge is 0.269 e. The third-order valence-corrected chi connectivity index (χ3v) is 4.92. The first-order chi connectivity index (χ1) is 12.7. The number of nitrogens with one attached hydrogen (secondary N) is 1. The van der Waals surface area contributed by atoms with Crippen molar-refractivity contribution in [2.75, 3.05) is 5.32 Å². The van der Waals surface area contributed by atoms with E-state index in [1.807, 2.05) is 78.5 Å². The van der Waals surface area contributed by atoms with E-state index < -0.39 is 0 Å². The standard InChI is InChI=1S/C20H16N4OS/c1-14-9-10-21-16(13-14)22-19(25)18-17(15-7-3-2-4-8-15)23-20(26-18)24-11-5-6-12-24/h2-13H,1H3,(H,21,22,25). The number of aryl methyl sites for hydroxylation is 1. The Kier molecular flexibility index (Phi) is 4.33. The summed E-state index contributed by atoms with van der Waals surface area (Å²) in [6.07, 6.45) is 5.51. The Balaban J connectivity index is 1.75. The highest BCUT2D eigenvalue weighted by molar-refractivity contribution is 7.16. The van der Waals surface area contributed by atoms with Crippen molar-refractivity contribution in [2.45, 2.75) is 6.92 Å². The van der Waals surface area contributed by atoms with Crippen LogP contribution in [-0.2, 0) is 0 Å². The Hall–Kier alpha value is -3.25. The monoisotopic (exact) mass is 360 g/mol. The van der Waals surface area contributed by atoms with E-state index in [1.54, 1.807) is 6.20 Å². The molecule has 0 saturated carbocycles. The molecule has 3 aromatic heterocycles. The van der Waals surface area contributed by atoms with Crippen molar-refractivity contribution in [1.29, 1.82) is 0 Å². The first-order valence-corrected chi connectivity index (χ1v) is 8.96. The molecular weight excluding hydrogens is 344 g/mol. The number of hydrogen-bond acceptors (Lipinski definition) is 4. The highest BCUT2D eigenvalue weighted by Gasteiger charge is 2.20. The normalized spacial score (nSPS) is 10.7. The molecule has 1 N–H and O–H groups in total. The summed E-state index contributed by atoms with van der Waals surface area (Å²) >= 11 is 1.36. The van der Waals surface area contributed by atoms with Gasteiger partial charge < -0.3 is 9.88 Å². The van der Waals surface area contributed by atoms with Gasteiger partial charge in [-0.15, -0.1) is 0 Å². The molecule has 0 saturated heterocycles. The van der Waals surface area contributed by atoms with E-state index in [4.69, 9.17) is 4.98 Å². The van der Waals surface area contributed by atoms with E-state index in [0.717, 1.165) is 16.3 Å². The fourth-order valence-corrected chi connectivity index (χ4v) is 3.56. The van der Waals surface area contributed by atoms with Crippen LogP contribution >= 0.6 is 11.3 Å². The summed E-state index contributed by atoms with van der Waals surface area (Å²) in [7, 11) is 0. The molecule has 1 amide bonds. The van der Waals surface area contributed by atoms with Crippen LogP contribution in [0.4, 0.5) is 5.82 Å². The van der Waals surface area contributed by atoms with Gasteiger partial charge in [-0.1, -0.05) is 41.7 Å². The molecule has 3 heterocycles.